The van der Waals surface area contributed by atoms with E-state index in [4.69, 9.17) is 16.3 Å². The zero-order valence-corrected chi connectivity index (χ0v) is 18.9. The molecule has 2 heterocycles. The van der Waals surface area contributed by atoms with Crippen LogP contribution in [-0.2, 0) is 13.2 Å². The van der Waals surface area contributed by atoms with Crippen LogP contribution in [0.15, 0.2) is 53.9 Å². The number of carbonyl (C=O) groups excluding carboxylic acids is 1. The molecule has 1 fully saturated rings. The molecule has 0 bridgehead atoms. The smallest absolute Gasteiger partial charge is 0.264 e. The summed E-state index contributed by atoms with van der Waals surface area (Å²) >= 11 is 7.60. The number of para-hydroxylation sites is 1. The highest BCUT2D eigenvalue weighted by atomic mass is 35.5. The molecule has 162 valence electrons. The Morgan fingerprint density at radius 2 is 1.90 bits per heavy atom. The van der Waals surface area contributed by atoms with Gasteiger partial charge in [-0.15, -0.1) is 11.3 Å². The maximum absolute atomic E-state index is 13.2. The van der Waals surface area contributed by atoms with E-state index in [2.05, 4.69) is 4.90 Å². The van der Waals surface area contributed by atoms with Crippen LogP contribution in [0.3, 0.4) is 0 Å². The van der Waals surface area contributed by atoms with E-state index in [0.717, 1.165) is 40.4 Å². The van der Waals surface area contributed by atoms with Gasteiger partial charge in [-0.05, 0) is 47.7 Å². The van der Waals surface area contributed by atoms with Crippen LogP contribution in [0.5, 0.6) is 5.75 Å². The summed E-state index contributed by atoms with van der Waals surface area (Å²) in [6.45, 7) is 5.94. The highest BCUT2D eigenvalue weighted by molar-refractivity contribution is 7.12. The van der Waals surface area contributed by atoms with Crippen LogP contribution in [0, 0.1) is 12.7 Å². The van der Waals surface area contributed by atoms with Gasteiger partial charge in [-0.2, -0.15) is 0 Å². The number of thiophene rings is 1. The molecule has 0 atom stereocenters. The summed E-state index contributed by atoms with van der Waals surface area (Å²) in [4.78, 5) is 17.8. The minimum absolute atomic E-state index is 0.0617. The Labute approximate surface area is 190 Å². The van der Waals surface area contributed by atoms with E-state index >= 15 is 0 Å². The molecule has 1 aliphatic heterocycles. The maximum atomic E-state index is 13.2. The fourth-order valence-electron chi connectivity index (χ4n) is 3.60. The summed E-state index contributed by atoms with van der Waals surface area (Å²) in [7, 11) is 0. The molecule has 0 spiro atoms. The SMILES string of the molecule is Cc1ccccc1OCc1csc(C(=O)N2CCN(Cc3ccc(F)cc3Cl)CC2)c1. The van der Waals surface area contributed by atoms with E-state index < -0.39 is 0 Å². The van der Waals surface area contributed by atoms with Gasteiger partial charge in [-0.25, -0.2) is 4.39 Å². The lowest BCUT2D eigenvalue weighted by Gasteiger charge is -2.34. The zero-order valence-electron chi connectivity index (χ0n) is 17.3. The summed E-state index contributed by atoms with van der Waals surface area (Å²) in [5, 5.41) is 2.43. The lowest BCUT2D eigenvalue weighted by Crippen LogP contribution is -2.48. The second-order valence-electron chi connectivity index (χ2n) is 7.68. The van der Waals surface area contributed by atoms with Crippen molar-refractivity contribution in [2.24, 2.45) is 0 Å². The van der Waals surface area contributed by atoms with Crippen LogP contribution < -0.4 is 4.74 Å². The largest absolute Gasteiger partial charge is 0.489 e. The Hall–Kier alpha value is -2.41. The predicted octanol–water partition coefficient (Wildman–Crippen LogP) is 5.39. The molecule has 1 amide bonds. The van der Waals surface area contributed by atoms with Crippen molar-refractivity contribution in [3.8, 4) is 5.75 Å². The summed E-state index contributed by atoms with van der Waals surface area (Å²) in [6, 6.07) is 14.3. The number of ether oxygens (including phenoxy) is 1. The third-order valence-corrected chi connectivity index (χ3v) is 6.74. The summed E-state index contributed by atoms with van der Waals surface area (Å²) in [5.41, 5.74) is 2.99. The van der Waals surface area contributed by atoms with Crippen molar-refractivity contribution in [1.82, 2.24) is 9.80 Å². The number of nitrogens with zero attached hydrogens (tertiary/aromatic N) is 2. The van der Waals surface area contributed by atoms with E-state index in [-0.39, 0.29) is 11.7 Å². The number of hydrogen-bond donors (Lipinski definition) is 0. The Kier molecular flexibility index (Phi) is 6.90. The third-order valence-electron chi connectivity index (χ3n) is 5.42. The van der Waals surface area contributed by atoms with Crippen molar-refractivity contribution in [3.05, 3.63) is 86.3 Å². The van der Waals surface area contributed by atoms with Gasteiger partial charge >= 0.3 is 0 Å². The average molecular weight is 459 g/mol. The molecule has 1 aromatic heterocycles. The second kappa shape index (κ2) is 9.81. The normalized spacial score (nSPS) is 14.6. The number of halogens is 2. The zero-order chi connectivity index (χ0) is 21.8. The fraction of sp³-hybridized carbons (Fsp3) is 0.292. The number of aryl methyl sites for hydroxylation is 1. The third kappa shape index (κ3) is 5.45. The molecule has 7 heteroatoms. The number of benzene rings is 2. The molecule has 3 aromatic rings. The highest BCUT2D eigenvalue weighted by Gasteiger charge is 2.23. The first-order chi connectivity index (χ1) is 15.0. The van der Waals surface area contributed by atoms with Crippen molar-refractivity contribution in [2.45, 2.75) is 20.1 Å². The van der Waals surface area contributed by atoms with Crippen LogP contribution >= 0.6 is 22.9 Å². The van der Waals surface area contributed by atoms with Gasteiger partial charge < -0.3 is 9.64 Å². The first-order valence-corrected chi connectivity index (χ1v) is 11.5. The molecular weight excluding hydrogens is 435 g/mol. The Bertz CT molecular complexity index is 1060. The van der Waals surface area contributed by atoms with Gasteiger partial charge in [0.25, 0.3) is 5.91 Å². The standard InChI is InChI=1S/C24H24ClFN2O2S/c1-17-4-2-3-5-22(17)30-15-18-12-23(31-16-18)24(29)28-10-8-27(9-11-28)14-19-6-7-20(26)13-21(19)25/h2-7,12-13,16H,8-11,14-15H2,1H3. The maximum Gasteiger partial charge on any atom is 0.264 e. The van der Waals surface area contributed by atoms with Crippen molar-refractivity contribution in [3.63, 3.8) is 0 Å². The van der Waals surface area contributed by atoms with Crippen molar-refractivity contribution >= 4 is 28.8 Å². The molecule has 1 aliphatic rings. The number of rotatable bonds is 6. The molecular formula is C24H24ClFN2O2S. The van der Waals surface area contributed by atoms with Crippen LogP contribution in [0.25, 0.3) is 0 Å². The molecule has 0 radical (unpaired) electrons. The monoisotopic (exact) mass is 458 g/mol. The predicted molar refractivity (Wildman–Crippen MR) is 122 cm³/mol. The van der Waals surface area contributed by atoms with Gasteiger partial charge in [-0.3, -0.25) is 9.69 Å². The second-order valence-corrected chi connectivity index (χ2v) is 9.00. The van der Waals surface area contributed by atoms with Crippen LogP contribution in [-0.4, -0.2) is 41.9 Å². The summed E-state index contributed by atoms with van der Waals surface area (Å²) < 4.78 is 19.1. The first kappa shape index (κ1) is 21.8. The molecule has 4 rings (SSSR count). The molecule has 0 saturated carbocycles. The first-order valence-electron chi connectivity index (χ1n) is 10.2. The topological polar surface area (TPSA) is 32.8 Å². The minimum Gasteiger partial charge on any atom is -0.489 e. The molecule has 0 aliphatic carbocycles. The van der Waals surface area contributed by atoms with Crippen molar-refractivity contribution in [2.75, 3.05) is 26.2 Å². The molecule has 4 nitrogen and oxygen atoms in total. The van der Waals surface area contributed by atoms with Crippen molar-refractivity contribution in [1.29, 1.82) is 0 Å². The quantitative estimate of drug-likeness (QED) is 0.496. The highest BCUT2D eigenvalue weighted by Crippen LogP contribution is 2.23. The summed E-state index contributed by atoms with van der Waals surface area (Å²) in [5.74, 6) is 0.592. The lowest BCUT2D eigenvalue weighted by molar-refractivity contribution is 0.0633. The molecule has 1 saturated heterocycles. The van der Waals surface area contributed by atoms with Gasteiger partial charge in [0, 0.05) is 43.3 Å². The lowest BCUT2D eigenvalue weighted by atomic mass is 10.2. The molecule has 0 N–H and O–H groups in total. The van der Waals surface area contributed by atoms with Gasteiger partial charge in [0.05, 0.1) is 4.88 Å². The van der Waals surface area contributed by atoms with Gasteiger partial charge in [-0.1, -0.05) is 35.9 Å². The van der Waals surface area contributed by atoms with Crippen molar-refractivity contribution < 1.29 is 13.9 Å². The fourth-order valence-corrected chi connectivity index (χ4v) is 4.69. The number of carbonyl (C=O) groups is 1. The van der Waals surface area contributed by atoms with E-state index in [0.29, 0.717) is 31.3 Å². The van der Waals surface area contributed by atoms with Gasteiger partial charge in [0.15, 0.2) is 0 Å². The minimum atomic E-state index is -0.330. The van der Waals surface area contributed by atoms with Crippen LogP contribution in [0.4, 0.5) is 4.39 Å². The summed E-state index contributed by atoms with van der Waals surface area (Å²) in [6.07, 6.45) is 0. The Morgan fingerprint density at radius 1 is 1.13 bits per heavy atom. The Balaban J connectivity index is 1.29. The molecule has 2 aromatic carbocycles. The van der Waals surface area contributed by atoms with E-state index in [9.17, 15) is 9.18 Å². The van der Waals surface area contributed by atoms with E-state index in [1.54, 1.807) is 6.07 Å². The van der Waals surface area contributed by atoms with Gasteiger partial charge in [0.2, 0.25) is 0 Å². The van der Waals surface area contributed by atoms with Gasteiger partial charge in [0.1, 0.15) is 18.2 Å². The average Bonchev–Trinajstić information content (AvgIpc) is 3.24. The number of piperazine rings is 1. The Morgan fingerprint density at radius 3 is 2.65 bits per heavy atom. The molecule has 31 heavy (non-hydrogen) atoms. The van der Waals surface area contributed by atoms with Crippen LogP contribution in [0.2, 0.25) is 5.02 Å². The molecule has 0 unspecified atom stereocenters. The van der Waals surface area contributed by atoms with E-state index in [1.165, 1.54) is 23.5 Å². The van der Waals surface area contributed by atoms with Crippen LogP contribution in [0.1, 0.15) is 26.4 Å². The number of hydrogen-bond acceptors (Lipinski definition) is 4. The van der Waals surface area contributed by atoms with E-state index in [1.807, 2.05) is 47.5 Å². The number of amides is 1.